The van der Waals surface area contributed by atoms with Gasteiger partial charge in [-0.05, 0) is 31.5 Å². The highest BCUT2D eigenvalue weighted by molar-refractivity contribution is 5.34. The van der Waals surface area contributed by atoms with E-state index in [1.54, 1.807) is 6.20 Å². The minimum absolute atomic E-state index is 0.868. The zero-order valence-electron chi connectivity index (χ0n) is 10.4. The number of morpholine rings is 1. The predicted octanol–water partition coefficient (Wildman–Crippen LogP) is 0.919. The molecule has 1 aliphatic heterocycles. The maximum absolute atomic E-state index is 5.31. The van der Waals surface area contributed by atoms with Crippen LogP contribution in [0.3, 0.4) is 0 Å². The number of hydrogen-bond acceptors (Lipinski definition) is 5. The Morgan fingerprint density at radius 1 is 1.41 bits per heavy atom. The van der Waals surface area contributed by atoms with Gasteiger partial charge in [-0.1, -0.05) is 0 Å². The van der Waals surface area contributed by atoms with Gasteiger partial charge in [-0.2, -0.15) is 5.10 Å². The third-order valence-corrected chi connectivity index (χ3v) is 2.85. The van der Waals surface area contributed by atoms with Gasteiger partial charge in [-0.25, -0.2) is 0 Å². The molecule has 2 heterocycles. The average molecular weight is 236 g/mol. The standard InChI is InChI=1S/C12H20N4O/c1-11-9-12(15-14-10-11)13-3-2-4-16-5-7-17-8-6-16/h9-10H,2-8H2,1H3,(H,13,15). The lowest BCUT2D eigenvalue weighted by atomic mass is 10.3. The minimum atomic E-state index is 0.868. The first kappa shape index (κ1) is 12.3. The van der Waals surface area contributed by atoms with Crippen molar-refractivity contribution in [3.8, 4) is 0 Å². The number of nitrogens with one attached hydrogen (secondary N) is 1. The van der Waals surface area contributed by atoms with Crippen molar-refractivity contribution >= 4 is 5.82 Å². The van der Waals surface area contributed by atoms with Gasteiger partial charge in [-0.3, -0.25) is 4.90 Å². The molecule has 1 fully saturated rings. The number of ether oxygens (including phenoxy) is 1. The largest absolute Gasteiger partial charge is 0.379 e. The van der Waals surface area contributed by atoms with Crippen LogP contribution in [0.2, 0.25) is 0 Å². The molecule has 0 atom stereocenters. The Morgan fingerprint density at radius 2 is 2.24 bits per heavy atom. The van der Waals surface area contributed by atoms with Gasteiger partial charge in [0.2, 0.25) is 0 Å². The zero-order chi connectivity index (χ0) is 11.9. The first-order valence-electron chi connectivity index (χ1n) is 6.18. The SMILES string of the molecule is Cc1cnnc(NCCCN2CCOCC2)c1. The van der Waals surface area contributed by atoms with Crippen LogP contribution >= 0.6 is 0 Å². The minimum Gasteiger partial charge on any atom is -0.379 e. The van der Waals surface area contributed by atoms with E-state index in [4.69, 9.17) is 4.74 Å². The maximum atomic E-state index is 5.31. The van der Waals surface area contributed by atoms with Crippen LogP contribution in [0.4, 0.5) is 5.82 Å². The van der Waals surface area contributed by atoms with E-state index in [0.717, 1.165) is 57.2 Å². The van der Waals surface area contributed by atoms with Crippen molar-refractivity contribution in [3.05, 3.63) is 17.8 Å². The van der Waals surface area contributed by atoms with Gasteiger partial charge in [0.25, 0.3) is 0 Å². The molecule has 94 valence electrons. The van der Waals surface area contributed by atoms with Gasteiger partial charge in [0, 0.05) is 19.6 Å². The maximum Gasteiger partial charge on any atom is 0.148 e. The molecule has 0 aromatic carbocycles. The number of aromatic nitrogens is 2. The van der Waals surface area contributed by atoms with Crippen LogP contribution in [-0.2, 0) is 4.74 Å². The molecule has 2 rings (SSSR count). The van der Waals surface area contributed by atoms with Crippen molar-refractivity contribution in [3.63, 3.8) is 0 Å². The summed E-state index contributed by atoms with van der Waals surface area (Å²) in [5, 5.41) is 11.2. The van der Waals surface area contributed by atoms with Crippen molar-refractivity contribution in [2.45, 2.75) is 13.3 Å². The van der Waals surface area contributed by atoms with Crippen molar-refractivity contribution in [2.24, 2.45) is 0 Å². The van der Waals surface area contributed by atoms with E-state index in [9.17, 15) is 0 Å². The normalized spacial score (nSPS) is 17.0. The summed E-state index contributed by atoms with van der Waals surface area (Å²) in [7, 11) is 0. The summed E-state index contributed by atoms with van der Waals surface area (Å²) in [5.74, 6) is 0.868. The average Bonchev–Trinajstić information content (AvgIpc) is 2.36. The van der Waals surface area contributed by atoms with Gasteiger partial charge in [0.05, 0.1) is 19.4 Å². The van der Waals surface area contributed by atoms with Gasteiger partial charge in [-0.15, -0.1) is 5.10 Å². The third-order valence-electron chi connectivity index (χ3n) is 2.85. The second-order valence-electron chi connectivity index (χ2n) is 4.35. The highest BCUT2D eigenvalue weighted by Crippen LogP contribution is 2.03. The molecule has 0 saturated carbocycles. The summed E-state index contributed by atoms with van der Waals surface area (Å²) in [6.45, 7) is 7.95. The molecule has 0 unspecified atom stereocenters. The van der Waals surface area contributed by atoms with Crippen LogP contribution in [-0.4, -0.2) is 54.5 Å². The molecule has 0 aliphatic carbocycles. The van der Waals surface area contributed by atoms with Crippen LogP contribution in [0, 0.1) is 6.92 Å². The Bertz CT molecular complexity index is 339. The summed E-state index contributed by atoms with van der Waals surface area (Å²) < 4.78 is 5.31. The fraction of sp³-hybridized carbons (Fsp3) is 0.667. The number of hydrogen-bond donors (Lipinski definition) is 1. The van der Waals surface area contributed by atoms with Crippen LogP contribution in [0.25, 0.3) is 0 Å². The monoisotopic (exact) mass is 236 g/mol. The summed E-state index contributed by atoms with van der Waals surface area (Å²) in [5.41, 5.74) is 1.13. The molecule has 1 saturated heterocycles. The van der Waals surface area contributed by atoms with Crippen molar-refractivity contribution in [1.29, 1.82) is 0 Å². The quantitative estimate of drug-likeness (QED) is 0.770. The molecule has 0 spiro atoms. The number of nitrogens with zero attached hydrogens (tertiary/aromatic N) is 3. The summed E-state index contributed by atoms with van der Waals surface area (Å²) in [6, 6.07) is 2.02. The second kappa shape index (κ2) is 6.51. The van der Waals surface area contributed by atoms with Crippen molar-refractivity contribution in [1.82, 2.24) is 15.1 Å². The first-order valence-corrected chi connectivity index (χ1v) is 6.18. The number of aryl methyl sites for hydroxylation is 1. The Kier molecular flexibility index (Phi) is 4.70. The molecule has 1 aromatic rings. The summed E-state index contributed by atoms with van der Waals surface area (Å²) in [4.78, 5) is 2.44. The van der Waals surface area contributed by atoms with E-state index in [-0.39, 0.29) is 0 Å². The van der Waals surface area contributed by atoms with Crippen LogP contribution in [0.15, 0.2) is 12.3 Å². The lowest BCUT2D eigenvalue weighted by Crippen LogP contribution is -2.37. The molecule has 5 heteroatoms. The Morgan fingerprint density at radius 3 is 3.00 bits per heavy atom. The molecular formula is C12H20N4O. The third kappa shape index (κ3) is 4.28. The van der Waals surface area contributed by atoms with E-state index in [0.29, 0.717) is 0 Å². The van der Waals surface area contributed by atoms with E-state index in [2.05, 4.69) is 20.4 Å². The zero-order valence-corrected chi connectivity index (χ0v) is 10.4. The molecular weight excluding hydrogens is 216 g/mol. The van der Waals surface area contributed by atoms with Crippen LogP contribution < -0.4 is 5.32 Å². The van der Waals surface area contributed by atoms with Gasteiger partial charge in [0.15, 0.2) is 0 Å². The fourth-order valence-electron chi connectivity index (χ4n) is 1.89. The predicted molar refractivity (Wildman–Crippen MR) is 67.1 cm³/mol. The molecule has 1 aromatic heterocycles. The fourth-order valence-corrected chi connectivity index (χ4v) is 1.89. The van der Waals surface area contributed by atoms with Gasteiger partial charge in [0.1, 0.15) is 5.82 Å². The second-order valence-corrected chi connectivity index (χ2v) is 4.35. The highest BCUT2D eigenvalue weighted by Gasteiger charge is 2.08. The number of rotatable bonds is 5. The van der Waals surface area contributed by atoms with Crippen molar-refractivity contribution in [2.75, 3.05) is 44.7 Å². The molecule has 1 aliphatic rings. The molecule has 5 nitrogen and oxygen atoms in total. The van der Waals surface area contributed by atoms with E-state index < -0.39 is 0 Å². The lowest BCUT2D eigenvalue weighted by Gasteiger charge is -2.26. The Balaban J connectivity index is 1.62. The Hall–Kier alpha value is -1.20. The molecule has 1 N–H and O–H groups in total. The van der Waals surface area contributed by atoms with E-state index in [1.807, 2.05) is 13.0 Å². The molecule has 0 radical (unpaired) electrons. The molecule has 17 heavy (non-hydrogen) atoms. The van der Waals surface area contributed by atoms with Gasteiger partial charge >= 0.3 is 0 Å². The van der Waals surface area contributed by atoms with E-state index >= 15 is 0 Å². The first-order chi connectivity index (χ1) is 8.34. The lowest BCUT2D eigenvalue weighted by molar-refractivity contribution is 0.0378. The summed E-state index contributed by atoms with van der Waals surface area (Å²) >= 11 is 0. The highest BCUT2D eigenvalue weighted by atomic mass is 16.5. The van der Waals surface area contributed by atoms with Crippen molar-refractivity contribution < 1.29 is 4.74 Å². The van der Waals surface area contributed by atoms with Crippen LogP contribution in [0.1, 0.15) is 12.0 Å². The molecule has 0 bridgehead atoms. The van der Waals surface area contributed by atoms with E-state index in [1.165, 1.54) is 0 Å². The van der Waals surface area contributed by atoms with Gasteiger partial charge < -0.3 is 10.1 Å². The Labute approximate surface area is 102 Å². The summed E-state index contributed by atoms with van der Waals surface area (Å²) in [6.07, 6.45) is 2.88. The smallest absolute Gasteiger partial charge is 0.148 e. The topological polar surface area (TPSA) is 50.3 Å². The number of anilines is 1. The molecule has 0 amide bonds. The van der Waals surface area contributed by atoms with Crippen LogP contribution in [0.5, 0.6) is 0 Å².